The van der Waals surface area contributed by atoms with E-state index in [4.69, 9.17) is 9.47 Å². The molecule has 2 heterocycles. The van der Waals surface area contributed by atoms with Crippen LogP contribution in [0.15, 0.2) is 60.7 Å². The molecule has 0 aliphatic carbocycles. The van der Waals surface area contributed by atoms with Gasteiger partial charge in [-0.1, -0.05) is 74.5 Å². The van der Waals surface area contributed by atoms with Crippen LogP contribution in [-0.2, 0) is 55.8 Å². The smallest absolute Gasteiger partial charge is 0.408 e. The molecule has 2 saturated heterocycles. The third-order valence-electron chi connectivity index (χ3n) is 12.1. The Labute approximate surface area is 413 Å². The lowest BCUT2D eigenvalue weighted by molar-refractivity contribution is -0.153. The topological polar surface area (TPSA) is 231 Å². The molecule has 18 heteroatoms. The summed E-state index contributed by atoms with van der Waals surface area (Å²) in [6.07, 6.45) is 1.60. The van der Waals surface area contributed by atoms with Crippen LogP contribution in [0.1, 0.15) is 118 Å². The lowest BCUT2D eigenvalue weighted by Gasteiger charge is -2.54. The van der Waals surface area contributed by atoms with Crippen molar-refractivity contribution in [3.05, 3.63) is 71.8 Å². The first-order valence-electron chi connectivity index (χ1n) is 24.5. The van der Waals surface area contributed by atoms with Crippen LogP contribution in [0.25, 0.3) is 0 Å². The van der Waals surface area contributed by atoms with Gasteiger partial charge in [0, 0.05) is 57.4 Å². The standard InChI is InChI=1S/C52H77N7O11/c1-35(2)30-39(55-45(63)40(31-36-18-12-10-13-19-36)56-46(64)41(32-37-20-14-11-15-21-37)57-49(67)70-51(6,7)8)44(62)54-38(22-16-17-27-53-48(66)69-50(3,4)5)47(65)58-28-25-52(26-29-58)33-59(34-52)42(60)23-24-43(61)68-9/h10-15,18-21,35,38-41H,16-17,22-34H2,1-9H3,(H,53,66)(H,54,62)(H,55,63)(H,56,64)(H,57,67)/t38-,39-,40-,41-/m1/s1. The van der Waals surface area contributed by atoms with Gasteiger partial charge >= 0.3 is 18.2 Å². The van der Waals surface area contributed by atoms with E-state index in [1.54, 1.807) is 51.3 Å². The molecule has 0 bridgehead atoms. The SMILES string of the molecule is COC(=O)CCC(=O)N1CC2(CCN(C(=O)[C@@H](CCCCNC(=O)OC(C)(C)C)NC(=O)[C@@H](CC(C)C)NC(=O)[C@@H](Cc3ccccc3)NC(=O)[C@@H](Cc3ccccc3)NC(=O)OC(C)(C)C)CC2)C1. The predicted molar refractivity (Wildman–Crippen MR) is 263 cm³/mol. The van der Waals surface area contributed by atoms with E-state index in [1.165, 1.54) is 7.11 Å². The van der Waals surface area contributed by atoms with Gasteiger partial charge in [0.05, 0.1) is 13.5 Å². The van der Waals surface area contributed by atoms with Gasteiger partial charge in [-0.15, -0.1) is 0 Å². The molecule has 18 nitrogen and oxygen atoms in total. The number of rotatable bonds is 22. The van der Waals surface area contributed by atoms with E-state index in [0.717, 1.165) is 11.1 Å². The summed E-state index contributed by atoms with van der Waals surface area (Å²) in [5.41, 5.74) is -0.151. The maximum atomic E-state index is 14.5. The van der Waals surface area contributed by atoms with E-state index < -0.39 is 71.2 Å². The molecule has 0 radical (unpaired) electrons. The number of amides is 7. The number of nitrogens with one attached hydrogen (secondary N) is 5. The molecule has 0 saturated carbocycles. The van der Waals surface area contributed by atoms with Gasteiger partial charge in [0.25, 0.3) is 0 Å². The van der Waals surface area contributed by atoms with E-state index in [-0.39, 0.29) is 68.2 Å². The van der Waals surface area contributed by atoms with Crippen LogP contribution < -0.4 is 26.6 Å². The van der Waals surface area contributed by atoms with Crippen molar-refractivity contribution in [2.75, 3.05) is 39.8 Å². The summed E-state index contributed by atoms with van der Waals surface area (Å²) >= 11 is 0. The molecule has 0 unspecified atom stereocenters. The molecule has 5 N–H and O–H groups in total. The van der Waals surface area contributed by atoms with Crippen molar-refractivity contribution >= 4 is 47.7 Å². The molecule has 2 aromatic carbocycles. The van der Waals surface area contributed by atoms with E-state index in [9.17, 15) is 38.4 Å². The minimum absolute atomic E-state index is 0.0164. The Morgan fingerprint density at radius 1 is 0.614 bits per heavy atom. The monoisotopic (exact) mass is 976 g/mol. The molecule has 4 atom stereocenters. The van der Waals surface area contributed by atoms with Gasteiger partial charge in [0.15, 0.2) is 0 Å². The first kappa shape index (κ1) is 56.4. The maximum Gasteiger partial charge on any atom is 0.408 e. The summed E-state index contributed by atoms with van der Waals surface area (Å²) in [4.78, 5) is 111. The fourth-order valence-corrected chi connectivity index (χ4v) is 8.47. The summed E-state index contributed by atoms with van der Waals surface area (Å²) in [7, 11) is 1.29. The van der Waals surface area contributed by atoms with Crippen LogP contribution in [0.3, 0.4) is 0 Å². The number of esters is 1. The highest BCUT2D eigenvalue weighted by molar-refractivity contribution is 5.95. The Hall–Kier alpha value is -6.20. The molecule has 4 rings (SSSR count). The summed E-state index contributed by atoms with van der Waals surface area (Å²) < 4.78 is 15.5. The minimum atomic E-state index is -1.18. The fourth-order valence-electron chi connectivity index (χ4n) is 8.47. The quantitative estimate of drug-likeness (QED) is 0.0601. The third-order valence-corrected chi connectivity index (χ3v) is 12.1. The zero-order valence-electron chi connectivity index (χ0n) is 42.7. The molecular weight excluding hydrogens is 899 g/mol. The zero-order valence-corrected chi connectivity index (χ0v) is 42.7. The molecule has 2 aliphatic rings. The molecule has 386 valence electrons. The van der Waals surface area contributed by atoms with Crippen molar-refractivity contribution in [2.45, 2.75) is 155 Å². The second-order valence-corrected chi connectivity index (χ2v) is 21.0. The first-order chi connectivity index (χ1) is 32.9. The van der Waals surface area contributed by atoms with Gasteiger partial charge < -0.3 is 50.6 Å². The predicted octanol–water partition coefficient (Wildman–Crippen LogP) is 4.96. The van der Waals surface area contributed by atoms with Crippen molar-refractivity contribution < 1.29 is 52.6 Å². The van der Waals surface area contributed by atoms with Crippen molar-refractivity contribution in [1.82, 2.24) is 36.4 Å². The number of hydrogen-bond acceptors (Lipinski definition) is 11. The van der Waals surface area contributed by atoms with Crippen LogP contribution in [-0.4, -0.2) is 133 Å². The number of alkyl carbamates (subject to hydrolysis) is 2. The fraction of sp³-hybridized carbons (Fsp3) is 0.615. The van der Waals surface area contributed by atoms with E-state index >= 15 is 0 Å². The number of hydrogen-bond donors (Lipinski definition) is 5. The van der Waals surface area contributed by atoms with Gasteiger partial charge in [-0.3, -0.25) is 28.8 Å². The van der Waals surface area contributed by atoms with Gasteiger partial charge in [0.2, 0.25) is 29.5 Å². The molecule has 2 aliphatic heterocycles. The Balaban J connectivity index is 1.51. The average Bonchev–Trinajstić information content (AvgIpc) is 3.27. The highest BCUT2D eigenvalue weighted by atomic mass is 16.6. The van der Waals surface area contributed by atoms with Crippen molar-refractivity contribution in [3.8, 4) is 0 Å². The first-order valence-corrected chi connectivity index (χ1v) is 24.5. The van der Waals surface area contributed by atoms with Gasteiger partial charge in [-0.05, 0) is 97.1 Å². The molecule has 7 amide bonds. The van der Waals surface area contributed by atoms with Crippen LogP contribution in [0, 0.1) is 11.3 Å². The van der Waals surface area contributed by atoms with Crippen molar-refractivity contribution in [1.29, 1.82) is 0 Å². The number of nitrogens with zero attached hydrogens (tertiary/aromatic N) is 2. The number of carbonyl (C=O) groups excluding carboxylic acids is 8. The average molecular weight is 976 g/mol. The number of likely N-dealkylation sites (tertiary alicyclic amines) is 2. The Morgan fingerprint density at radius 2 is 1.10 bits per heavy atom. The number of unbranched alkanes of at least 4 members (excludes halogenated alkanes) is 1. The second kappa shape index (κ2) is 26.1. The number of carbonyl (C=O) groups is 8. The largest absolute Gasteiger partial charge is 0.469 e. The zero-order chi connectivity index (χ0) is 51.6. The Morgan fingerprint density at radius 3 is 1.61 bits per heavy atom. The maximum absolute atomic E-state index is 14.5. The number of benzene rings is 2. The van der Waals surface area contributed by atoms with Crippen LogP contribution in [0.4, 0.5) is 9.59 Å². The highest BCUT2D eigenvalue weighted by Crippen LogP contribution is 2.41. The van der Waals surface area contributed by atoms with Gasteiger partial charge in [-0.25, -0.2) is 9.59 Å². The third kappa shape index (κ3) is 19.3. The molecule has 2 fully saturated rings. The van der Waals surface area contributed by atoms with Crippen LogP contribution >= 0.6 is 0 Å². The van der Waals surface area contributed by atoms with E-state index in [1.807, 2.05) is 74.5 Å². The summed E-state index contributed by atoms with van der Waals surface area (Å²) in [5.74, 6) is -2.75. The summed E-state index contributed by atoms with van der Waals surface area (Å²) in [5, 5.41) is 14.1. The van der Waals surface area contributed by atoms with Crippen molar-refractivity contribution in [3.63, 3.8) is 0 Å². The van der Waals surface area contributed by atoms with Crippen LogP contribution in [0.2, 0.25) is 0 Å². The Kier molecular flexibility index (Phi) is 21.1. The molecule has 1 spiro atoms. The summed E-state index contributed by atoms with van der Waals surface area (Å²) in [6.45, 7) is 16.4. The van der Waals surface area contributed by atoms with Crippen molar-refractivity contribution in [2.24, 2.45) is 11.3 Å². The lowest BCUT2D eigenvalue weighted by atomic mass is 9.71. The van der Waals surface area contributed by atoms with Gasteiger partial charge in [0.1, 0.15) is 35.4 Å². The van der Waals surface area contributed by atoms with Crippen LogP contribution in [0.5, 0.6) is 0 Å². The second-order valence-electron chi connectivity index (χ2n) is 21.0. The number of ether oxygens (including phenoxy) is 3. The highest BCUT2D eigenvalue weighted by Gasteiger charge is 2.47. The van der Waals surface area contributed by atoms with E-state index in [2.05, 4.69) is 31.3 Å². The minimum Gasteiger partial charge on any atom is -0.469 e. The molecule has 0 aromatic heterocycles. The molecule has 70 heavy (non-hydrogen) atoms. The molecular formula is C52H77N7O11. The summed E-state index contributed by atoms with van der Waals surface area (Å²) in [6, 6.07) is 13.8. The number of piperidine rings is 1. The molecule has 2 aromatic rings. The van der Waals surface area contributed by atoms with Gasteiger partial charge in [-0.2, -0.15) is 0 Å². The number of methoxy groups -OCH3 is 1. The van der Waals surface area contributed by atoms with E-state index in [0.29, 0.717) is 51.9 Å². The lowest BCUT2D eigenvalue weighted by Crippen LogP contribution is -2.63. The Bertz CT molecular complexity index is 2070. The normalized spacial score (nSPS) is 16.1.